The first kappa shape index (κ1) is 16.8. The van der Waals surface area contributed by atoms with Crippen LogP contribution in [0.5, 0.6) is 0 Å². The highest BCUT2D eigenvalue weighted by Crippen LogP contribution is 2.31. The van der Waals surface area contributed by atoms with E-state index >= 15 is 0 Å². The van der Waals surface area contributed by atoms with Crippen LogP contribution in [0, 0.1) is 0 Å². The Hall–Kier alpha value is -1.25. The van der Waals surface area contributed by atoms with Crippen molar-refractivity contribution in [1.82, 2.24) is 9.78 Å². The Morgan fingerprint density at radius 2 is 1.75 bits per heavy atom. The van der Waals surface area contributed by atoms with Gasteiger partial charge < -0.3 is 5.11 Å². The second-order valence-electron chi connectivity index (χ2n) is 4.31. The molecule has 0 atom stereocenters. The molecule has 1 aromatic rings. The van der Waals surface area contributed by atoms with E-state index in [1.165, 1.54) is 0 Å². The number of rotatable bonds is 6. The van der Waals surface area contributed by atoms with Gasteiger partial charge in [0.05, 0.1) is 0 Å². The average Bonchev–Trinajstić information content (AvgIpc) is 2.67. The van der Waals surface area contributed by atoms with Gasteiger partial charge in [-0.25, -0.2) is 0 Å². The zero-order valence-electron chi connectivity index (χ0n) is 10.4. The van der Waals surface area contributed by atoms with Crippen LogP contribution in [0.1, 0.15) is 30.5 Å². The molecule has 1 heterocycles. The summed E-state index contributed by atoms with van der Waals surface area (Å²) < 4.78 is 74.6. The lowest BCUT2D eigenvalue weighted by Crippen LogP contribution is -2.11. The SMILES string of the molecule is OCCc1cn(CCCCC(F)(F)F)nc1C(F)(F)F. The van der Waals surface area contributed by atoms with Gasteiger partial charge in [-0.05, 0) is 19.3 Å². The third kappa shape index (κ3) is 5.40. The maximum atomic E-state index is 12.6. The van der Waals surface area contributed by atoms with Crippen molar-refractivity contribution in [3.63, 3.8) is 0 Å². The monoisotopic (exact) mass is 304 g/mol. The molecule has 1 N–H and O–H groups in total. The van der Waals surface area contributed by atoms with Gasteiger partial charge in [-0.1, -0.05) is 0 Å². The number of aromatic nitrogens is 2. The Balaban J connectivity index is 2.63. The summed E-state index contributed by atoms with van der Waals surface area (Å²) in [6, 6.07) is 0. The zero-order chi connectivity index (χ0) is 15.4. The molecule has 1 aromatic heterocycles. The van der Waals surface area contributed by atoms with Crippen LogP contribution in [-0.2, 0) is 19.1 Å². The third-order valence-electron chi connectivity index (χ3n) is 2.58. The van der Waals surface area contributed by atoms with Crippen LogP contribution in [-0.4, -0.2) is 27.7 Å². The molecule has 0 spiro atoms. The number of aliphatic hydroxyl groups is 1. The van der Waals surface area contributed by atoms with Crippen LogP contribution < -0.4 is 0 Å². The Kier molecular flexibility index (Phi) is 5.43. The number of aryl methyl sites for hydroxylation is 1. The van der Waals surface area contributed by atoms with Crippen LogP contribution in [0.2, 0.25) is 0 Å². The smallest absolute Gasteiger partial charge is 0.396 e. The molecule has 3 nitrogen and oxygen atoms in total. The minimum atomic E-state index is -4.64. The predicted octanol–water partition coefficient (Wildman–Crippen LogP) is 3.17. The van der Waals surface area contributed by atoms with Crippen molar-refractivity contribution in [2.45, 2.75) is 44.6 Å². The largest absolute Gasteiger partial charge is 0.435 e. The summed E-state index contributed by atoms with van der Waals surface area (Å²) in [4.78, 5) is 0. The molecule has 0 aliphatic rings. The summed E-state index contributed by atoms with van der Waals surface area (Å²) in [6.07, 6.45) is -9.03. The highest BCUT2D eigenvalue weighted by Gasteiger charge is 2.36. The molecule has 0 aliphatic heterocycles. The van der Waals surface area contributed by atoms with E-state index in [2.05, 4.69) is 5.10 Å². The minimum Gasteiger partial charge on any atom is -0.396 e. The Morgan fingerprint density at radius 1 is 1.10 bits per heavy atom. The van der Waals surface area contributed by atoms with E-state index in [-0.39, 0.29) is 31.4 Å². The lowest BCUT2D eigenvalue weighted by Gasteiger charge is -2.06. The molecule has 0 amide bonds. The van der Waals surface area contributed by atoms with Crippen molar-refractivity contribution in [2.75, 3.05) is 6.61 Å². The number of halogens is 6. The normalized spacial score (nSPS) is 12.9. The lowest BCUT2D eigenvalue weighted by molar-refractivity contribution is -0.142. The van der Waals surface area contributed by atoms with E-state index in [0.29, 0.717) is 0 Å². The van der Waals surface area contributed by atoms with Gasteiger partial charge in [0, 0.05) is 31.3 Å². The van der Waals surface area contributed by atoms with E-state index in [4.69, 9.17) is 5.11 Å². The molecule has 0 unspecified atom stereocenters. The molecular formula is C11H14F6N2O. The van der Waals surface area contributed by atoms with Crippen LogP contribution in [0.25, 0.3) is 0 Å². The van der Waals surface area contributed by atoms with Gasteiger partial charge in [0.2, 0.25) is 0 Å². The third-order valence-corrected chi connectivity index (χ3v) is 2.58. The van der Waals surface area contributed by atoms with Gasteiger partial charge in [0.15, 0.2) is 5.69 Å². The molecule has 20 heavy (non-hydrogen) atoms. The molecule has 0 aromatic carbocycles. The summed E-state index contributed by atoms with van der Waals surface area (Å²) in [6.45, 7) is -0.479. The standard InChI is InChI=1S/C11H14F6N2O/c12-10(13,14)4-1-2-5-19-7-8(3-6-20)9(18-19)11(15,16)17/h7,20H,1-6H2. The number of alkyl halides is 6. The van der Waals surface area contributed by atoms with E-state index in [1.54, 1.807) is 0 Å². The van der Waals surface area contributed by atoms with E-state index in [9.17, 15) is 26.3 Å². The number of hydrogen-bond acceptors (Lipinski definition) is 2. The molecule has 9 heteroatoms. The van der Waals surface area contributed by atoms with E-state index in [1.807, 2.05) is 0 Å². The summed E-state index contributed by atoms with van der Waals surface area (Å²) in [7, 11) is 0. The maximum Gasteiger partial charge on any atom is 0.435 e. The first-order valence-electron chi connectivity index (χ1n) is 5.94. The average molecular weight is 304 g/mol. The molecule has 0 saturated carbocycles. The molecular weight excluding hydrogens is 290 g/mol. The van der Waals surface area contributed by atoms with Gasteiger partial charge in [0.1, 0.15) is 0 Å². The highest BCUT2D eigenvalue weighted by atomic mass is 19.4. The summed E-state index contributed by atoms with van der Waals surface area (Å²) in [5.41, 5.74) is -1.25. The fraction of sp³-hybridized carbons (Fsp3) is 0.727. The van der Waals surface area contributed by atoms with Crippen molar-refractivity contribution in [1.29, 1.82) is 0 Å². The Morgan fingerprint density at radius 3 is 2.25 bits per heavy atom. The highest BCUT2D eigenvalue weighted by molar-refractivity contribution is 5.20. The topological polar surface area (TPSA) is 38.0 Å². The number of nitrogens with zero attached hydrogens (tertiary/aromatic N) is 2. The second kappa shape index (κ2) is 6.47. The predicted molar refractivity (Wildman–Crippen MR) is 57.9 cm³/mol. The van der Waals surface area contributed by atoms with Crippen LogP contribution in [0.4, 0.5) is 26.3 Å². The first-order chi connectivity index (χ1) is 9.13. The molecule has 0 radical (unpaired) electrons. The van der Waals surface area contributed by atoms with Gasteiger partial charge in [-0.3, -0.25) is 4.68 Å². The van der Waals surface area contributed by atoms with E-state index < -0.39 is 31.1 Å². The van der Waals surface area contributed by atoms with Crippen LogP contribution >= 0.6 is 0 Å². The molecule has 116 valence electrons. The summed E-state index contributed by atoms with van der Waals surface area (Å²) in [5, 5.41) is 12.0. The zero-order valence-corrected chi connectivity index (χ0v) is 10.4. The van der Waals surface area contributed by atoms with Gasteiger partial charge >= 0.3 is 12.4 Å². The molecule has 0 fully saturated rings. The van der Waals surface area contributed by atoms with Gasteiger partial charge in [-0.15, -0.1) is 0 Å². The summed E-state index contributed by atoms with van der Waals surface area (Å²) >= 11 is 0. The molecule has 0 saturated heterocycles. The number of unbranched alkanes of at least 4 members (excludes halogenated alkanes) is 1. The maximum absolute atomic E-state index is 12.6. The molecule has 0 aliphatic carbocycles. The van der Waals surface area contributed by atoms with Crippen LogP contribution in [0.3, 0.4) is 0 Å². The number of aliphatic hydroxyl groups excluding tert-OH is 1. The lowest BCUT2D eigenvalue weighted by atomic mass is 10.2. The van der Waals surface area contributed by atoms with Crippen molar-refractivity contribution in [3.05, 3.63) is 17.5 Å². The van der Waals surface area contributed by atoms with Crippen molar-refractivity contribution >= 4 is 0 Å². The van der Waals surface area contributed by atoms with Crippen molar-refractivity contribution < 1.29 is 31.4 Å². The second-order valence-corrected chi connectivity index (χ2v) is 4.31. The minimum absolute atomic E-state index is 0.0232. The van der Waals surface area contributed by atoms with Crippen molar-refractivity contribution in [2.24, 2.45) is 0 Å². The molecule has 0 bridgehead atoms. The number of hydrogen-bond donors (Lipinski definition) is 1. The van der Waals surface area contributed by atoms with Crippen molar-refractivity contribution in [3.8, 4) is 0 Å². The fourth-order valence-corrected chi connectivity index (χ4v) is 1.72. The Labute approximate surface area is 111 Å². The molecule has 1 rings (SSSR count). The van der Waals surface area contributed by atoms with E-state index in [0.717, 1.165) is 10.9 Å². The first-order valence-corrected chi connectivity index (χ1v) is 5.94. The van der Waals surface area contributed by atoms with Gasteiger partial charge in [0.25, 0.3) is 0 Å². The van der Waals surface area contributed by atoms with Gasteiger partial charge in [-0.2, -0.15) is 31.4 Å². The Bertz CT molecular complexity index is 424. The quantitative estimate of drug-likeness (QED) is 0.647. The fourth-order valence-electron chi connectivity index (χ4n) is 1.72. The summed E-state index contributed by atoms with van der Waals surface area (Å²) in [5.74, 6) is 0. The van der Waals surface area contributed by atoms with Crippen LogP contribution in [0.15, 0.2) is 6.20 Å².